The average molecular weight is 461 g/mol. The normalized spacial score (nSPS) is 16.2. The van der Waals surface area contributed by atoms with Gasteiger partial charge in [-0.2, -0.15) is 0 Å². The standard InChI is InChI=1S/C25H22N2O5.C2H6/c1-14-15(2-5-19-20(14)13-31-25(19)29)6-8-27-9-7-21-22(11-27)32-23(26-21)16-3-4-18-17(10-16)12-30-24(18)28;1-2/h2-5,10H,6-9,11-13H2,1H3;1-2H3. The fourth-order valence-corrected chi connectivity index (χ4v) is 4.78. The highest BCUT2D eigenvalue weighted by Crippen LogP contribution is 2.30. The molecule has 0 N–H and O–H groups in total. The number of nitrogens with zero attached hydrogens (tertiary/aromatic N) is 2. The molecule has 4 heterocycles. The monoisotopic (exact) mass is 460 g/mol. The molecule has 0 atom stereocenters. The molecule has 2 aromatic carbocycles. The highest BCUT2D eigenvalue weighted by molar-refractivity contribution is 5.94. The maximum Gasteiger partial charge on any atom is 0.338 e. The van der Waals surface area contributed by atoms with E-state index in [0.717, 1.165) is 66.2 Å². The summed E-state index contributed by atoms with van der Waals surface area (Å²) in [6.07, 6.45) is 1.75. The summed E-state index contributed by atoms with van der Waals surface area (Å²) < 4.78 is 16.4. The van der Waals surface area contributed by atoms with E-state index in [9.17, 15) is 9.59 Å². The minimum atomic E-state index is -0.272. The third-order valence-electron chi connectivity index (χ3n) is 6.72. The highest BCUT2D eigenvalue weighted by atomic mass is 16.5. The van der Waals surface area contributed by atoms with Crippen molar-refractivity contribution in [2.45, 2.75) is 53.4 Å². The Bertz CT molecular complexity index is 1280. The number of hydrogen-bond donors (Lipinski definition) is 0. The Kier molecular flexibility index (Phi) is 5.96. The molecule has 0 saturated heterocycles. The molecular formula is C27H28N2O5. The van der Waals surface area contributed by atoms with Crippen molar-refractivity contribution >= 4 is 11.9 Å². The molecule has 7 nitrogen and oxygen atoms in total. The van der Waals surface area contributed by atoms with Crippen molar-refractivity contribution < 1.29 is 23.5 Å². The minimum Gasteiger partial charge on any atom is -0.457 e. The van der Waals surface area contributed by atoms with E-state index in [0.29, 0.717) is 30.2 Å². The lowest BCUT2D eigenvalue weighted by atomic mass is 9.96. The third-order valence-corrected chi connectivity index (χ3v) is 6.72. The quantitative estimate of drug-likeness (QED) is 0.526. The summed E-state index contributed by atoms with van der Waals surface area (Å²) in [5.41, 5.74) is 7.51. The van der Waals surface area contributed by atoms with Crippen LogP contribution in [0.4, 0.5) is 0 Å². The molecule has 34 heavy (non-hydrogen) atoms. The van der Waals surface area contributed by atoms with Gasteiger partial charge in [-0.1, -0.05) is 19.9 Å². The SMILES string of the molecule is CC.Cc1c(CCN2CCc3nc(-c4ccc5c(c4)COC5=O)oc3C2)ccc2c1COC2=O. The Balaban J connectivity index is 0.00000117. The maximum absolute atomic E-state index is 11.8. The van der Waals surface area contributed by atoms with E-state index in [1.165, 1.54) is 5.56 Å². The van der Waals surface area contributed by atoms with Crippen LogP contribution in [0.2, 0.25) is 0 Å². The highest BCUT2D eigenvalue weighted by Gasteiger charge is 2.27. The van der Waals surface area contributed by atoms with Crippen LogP contribution in [0, 0.1) is 6.92 Å². The Morgan fingerprint density at radius 3 is 2.62 bits per heavy atom. The topological polar surface area (TPSA) is 81.9 Å². The molecule has 3 aromatic rings. The summed E-state index contributed by atoms with van der Waals surface area (Å²) in [7, 11) is 0. The van der Waals surface area contributed by atoms with E-state index in [2.05, 4.69) is 11.8 Å². The molecule has 3 aliphatic heterocycles. The molecule has 6 rings (SSSR count). The predicted octanol–water partition coefficient (Wildman–Crippen LogP) is 4.62. The van der Waals surface area contributed by atoms with Crippen molar-refractivity contribution in [2.75, 3.05) is 13.1 Å². The number of rotatable bonds is 4. The van der Waals surface area contributed by atoms with Gasteiger partial charge in [-0.05, 0) is 48.7 Å². The number of hydrogen-bond acceptors (Lipinski definition) is 7. The van der Waals surface area contributed by atoms with E-state index in [4.69, 9.17) is 18.9 Å². The van der Waals surface area contributed by atoms with Crippen LogP contribution in [0.25, 0.3) is 11.5 Å². The lowest BCUT2D eigenvalue weighted by Gasteiger charge is -2.25. The van der Waals surface area contributed by atoms with Gasteiger partial charge in [0.25, 0.3) is 0 Å². The van der Waals surface area contributed by atoms with Crippen LogP contribution in [0.5, 0.6) is 0 Å². The van der Waals surface area contributed by atoms with E-state index >= 15 is 0 Å². The summed E-state index contributed by atoms with van der Waals surface area (Å²) in [6, 6.07) is 9.52. The van der Waals surface area contributed by atoms with Gasteiger partial charge in [0.1, 0.15) is 19.0 Å². The summed E-state index contributed by atoms with van der Waals surface area (Å²) in [5.74, 6) is 1.01. The number of benzene rings is 2. The molecule has 0 aliphatic carbocycles. The summed E-state index contributed by atoms with van der Waals surface area (Å²) >= 11 is 0. The van der Waals surface area contributed by atoms with Crippen LogP contribution >= 0.6 is 0 Å². The van der Waals surface area contributed by atoms with E-state index in [-0.39, 0.29) is 11.9 Å². The Morgan fingerprint density at radius 2 is 1.76 bits per heavy atom. The molecular weight excluding hydrogens is 432 g/mol. The second-order valence-electron chi connectivity index (χ2n) is 8.57. The fourth-order valence-electron chi connectivity index (χ4n) is 4.78. The van der Waals surface area contributed by atoms with Gasteiger partial charge in [0.15, 0.2) is 0 Å². The van der Waals surface area contributed by atoms with Gasteiger partial charge >= 0.3 is 11.9 Å². The number of cyclic esters (lactones) is 2. The number of esters is 2. The summed E-state index contributed by atoms with van der Waals surface area (Å²) in [4.78, 5) is 30.5. The van der Waals surface area contributed by atoms with Crippen LogP contribution in [-0.4, -0.2) is 34.9 Å². The molecule has 0 bridgehead atoms. The van der Waals surface area contributed by atoms with Crippen molar-refractivity contribution in [1.29, 1.82) is 0 Å². The summed E-state index contributed by atoms with van der Waals surface area (Å²) in [5, 5.41) is 0. The van der Waals surface area contributed by atoms with Gasteiger partial charge in [0, 0.05) is 36.2 Å². The molecule has 1 aromatic heterocycles. The third kappa shape index (κ3) is 3.90. The average Bonchev–Trinajstić information content (AvgIpc) is 3.57. The van der Waals surface area contributed by atoms with Crippen molar-refractivity contribution in [2.24, 2.45) is 0 Å². The van der Waals surface area contributed by atoms with Gasteiger partial charge in [-0.15, -0.1) is 0 Å². The lowest BCUT2D eigenvalue weighted by Crippen LogP contribution is -2.32. The smallest absolute Gasteiger partial charge is 0.338 e. The Hall–Kier alpha value is -3.45. The van der Waals surface area contributed by atoms with Crippen molar-refractivity contribution in [1.82, 2.24) is 9.88 Å². The first-order valence-corrected chi connectivity index (χ1v) is 11.9. The first kappa shape index (κ1) is 22.3. The van der Waals surface area contributed by atoms with Crippen molar-refractivity contribution in [3.63, 3.8) is 0 Å². The zero-order chi connectivity index (χ0) is 23.8. The molecule has 0 radical (unpaired) electrons. The largest absolute Gasteiger partial charge is 0.457 e. The number of fused-ring (bicyclic) bond motifs is 3. The van der Waals surface area contributed by atoms with Gasteiger partial charge < -0.3 is 13.9 Å². The second-order valence-corrected chi connectivity index (χ2v) is 8.57. The number of carbonyl (C=O) groups is 2. The van der Waals surface area contributed by atoms with Crippen LogP contribution in [0.1, 0.15) is 68.3 Å². The van der Waals surface area contributed by atoms with Crippen LogP contribution in [0.3, 0.4) is 0 Å². The minimum absolute atomic E-state index is 0.221. The van der Waals surface area contributed by atoms with Crippen molar-refractivity contribution in [3.05, 3.63) is 75.2 Å². The second kappa shape index (κ2) is 9.06. The van der Waals surface area contributed by atoms with Gasteiger partial charge in [0.2, 0.25) is 5.89 Å². The Morgan fingerprint density at radius 1 is 1.00 bits per heavy atom. The van der Waals surface area contributed by atoms with Crippen LogP contribution < -0.4 is 0 Å². The molecule has 7 heteroatoms. The van der Waals surface area contributed by atoms with Crippen LogP contribution in [0.15, 0.2) is 34.7 Å². The fraction of sp³-hybridized carbons (Fsp3) is 0.370. The lowest BCUT2D eigenvalue weighted by molar-refractivity contribution is 0.0526. The maximum atomic E-state index is 11.8. The molecule has 0 amide bonds. The molecule has 0 saturated carbocycles. The van der Waals surface area contributed by atoms with E-state index in [1.54, 1.807) is 6.07 Å². The van der Waals surface area contributed by atoms with Crippen LogP contribution in [-0.2, 0) is 42.1 Å². The first-order chi connectivity index (χ1) is 16.6. The molecule has 0 fully saturated rings. The molecule has 0 unspecified atom stereocenters. The van der Waals surface area contributed by atoms with E-state index in [1.807, 2.05) is 38.1 Å². The first-order valence-electron chi connectivity index (χ1n) is 11.9. The molecule has 176 valence electrons. The zero-order valence-electron chi connectivity index (χ0n) is 19.8. The molecule has 0 spiro atoms. The number of oxazole rings is 1. The van der Waals surface area contributed by atoms with Gasteiger partial charge in [0.05, 0.1) is 23.4 Å². The van der Waals surface area contributed by atoms with E-state index < -0.39 is 0 Å². The Labute approximate surface area is 198 Å². The molecule has 3 aliphatic rings. The number of aromatic nitrogens is 1. The predicted molar refractivity (Wildman–Crippen MR) is 125 cm³/mol. The summed E-state index contributed by atoms with van der Waals surface area (Å²) in [6.45, 7) is 9.31. The number of ether oxygens (including phenoxy) is 2. The van der Waals surface area contributed by atoms with Gasteiger partial charge in [-0.3, -0.25) is 4.90 Å². The van der Waals surface area contributed by atoms with Crippen molar-refractivity contribution in [3.8, 4) is 11.5 Å². The number of carbonyl (C=O) groups excluding carboxylic acids is 2. The zero-order valence-corrected chi connectivity index (χ0v) is 19.8. The van der Waals surface area contributed by atoms with Gasteiger partial charge in [-0.25, -0.2) is 14.6 Å².